The molecule has 0 saturated heterocycles. The van der Waals surface area contributed by atoms with Gasteiger partial charge in [0.2, 0.25) is 0 Å². The quantitative estimate of drug-likeness (QED) is 0.520. The van der Waals surface area contributed by atoms with Gasteiger partial charge in [-0.3, -0.25) is 5.10 Å². The fourth-order valence-electron chi connectivity index (χ4n) is 1.36. The fraction of sp³-hybridized carbons (Fsp3) is 0.636. The second kappa shape index (κ2) is 5.89. The number of hydrogen-bond acceptors (Lipinski definition) is 6. The molecule has 0 fully saturated rings. The van der Waals surface area contributed by atoms with E-state index < -0.39 is 23.9 Å². The minimum Gasteiger partial charge on any atom is -0.444 e. The highest BCUT2D eigenvalue weighted by atomic mass is 16.6. The standard InChI is InChI=1S/C11H20N4O4/c1-11(2,3)19-10(18)13-5-7(16)8(17)6-4-14-15-9(6)12/h4,7-8,16-17H,5H2,1-3H3,(H,13,18)(H3,12,14,15). The number of carbonyl (C=O) groups excluding carboxylic acids is 1. The predicted octanol–water partition coefficient (Wildman–Crippen LogP) is -0.0891. The normalized spacial score (nSPS) is 14.8. The number of nitrogen functional groups attached to an aromatic ring is 1. The van der Waals surface area contributed by atoms with Gasteiger partial charge in [-0.15, -0.1) is 0 Å². The lowest BCUT2D eigenvalue weighted by molar-refractivity contribution is 0.0133. The Morgan fingerprint density at radius 2 is 2.21 bits per heavy atom. The Balaban J connectivity index is 2.45. The molecule has 0 radical (unpaired) electrons. The van der Waals surface area contributed by atoms with E-state index in [0.717, 1.165) is 0 Å². The molecule has 8 heteroatoms. The molecule has 0 aliphatic carbocycles. The molecule has 0 aliphatic heterocycles. The Kier molecular flexibility index (Phi) is 4.73. The van der Waals surface area contributed by atoms with Gasteiger partial charge in [0.25, 0.3) is 0 Å². The molecule has 0 aromatic carbocycles. The van der Waals surface area contributed by atoms with E-state index >= 15 is 0 Å². The molecule has 6 N–H and O–H groups in total. The number of alkyl carbamates (subject to hydrolysis) is 1. The van der Waals surface area contributed by atoms with E-state index in [1.54, 1.807) is 20.8 Å². The number of H-pyrrole nitrogens is 1. The van der Waals surface area contributed by atoms with Crippen LogP contribution in [0.15, 0.2) is 6.20 Å². The summed E-state index contributed by atoms with van der Waals surface area (Å²) >= 11 is 0. The highest BCUT2D eigenvalue weighted by molar-refractivity contribution is 5.67. The lowest BCUT2D eigenvalue weighted by Crippen LogP contribution is -2.38. The van der Waals surface area contributed by atoms with Gasteiger partial charge in [0.15, 0.2) is 0 Å². The number of nitrogens with two attached hydrogens (primary N) is 1. The highest BCUT2D eigenvalue weighted by Crippen LogP contribution is 2.20. The average Bonchev–Trinajstić information content (AvgIpc) is 2.69. The molecule has 0 saturated carbocycles. The third kappa shape index (κ3) is 4.76. The van der Waals surface area contributed by atoms with Gasteiger partial charge >= 0.3 is 6.09 Å². The number of hydrogen-bond donors (Lipinski definition) is 5. The summed E-state index contributed by atoms with van der Waals surface area (Å²) in [7, 11) is 0. The van der Waals surface area contributed by atoms with Gasteiger partial charge < -0.3 is 26.0 Å². The summed E-state index contributed by atoms with van der Waals surface area (Å²) in [6.07, 6.45) is -1.81. The molecule has 1 rings (SSSR count). The third-order valence-electron chi connectivity index (χ3n) is 2.24. The van der Waals surface area contributed by atoms with Crippen LogP contribution in [0.25, 0.3) is 0 Å². The van der Waals surface area contributed by atoms with Gasteiger partial charge in [-0.25, -0.2) is 4.79 Å². The van der Waals surface area contributed by atoms with Crippen molar-refractivity contribution in [3.8, 4) is 0 Å². The summed E-state index contributed by atoms with van der Waals surface area (Å²) in [5, 5.41) is 28.0. The van der Waals surface area contributed by atoms with Crippen LogP contribution >= 0.6 is 0 Å². The monoisotopic (exact) mass is 272 g/mol. The van der Waals surface area contributed by atoms with E-state index in [0.29, 0.717) is 0 Å². The molecule has 8 nitrogen and oxygen atoms in total. The number of amides is 1. The average molecular weight is 272 g/mol. The van der Waals surface area contributed by atoms with Crippen molar-refractivity contribution in [3.63, 3.8) is 0 Å². The van der Waals surface area contributed by atoms with Crippen molar-refractivity contribution in [1.82, 2.24) is 15.5 Å². The summed E-state index contributed by atoms with van der Waals surface area (Å²) in [4.78, 5) is 11.4. The summed E-state index contributed by atoms with van der Waals surface area (Å²) in [6.45, 7) is 5.01. The molecular formula is C11H20N4O4. The third-order valence-corrected chi connectivity index (χ3v) is 2.24. The van der Waals surface area contributed by atoms with Crippen molar-refractivity contribution >= 4 is 11.9 Å². The first-order chi connectivity index (χ1) is 8.70. The first kappa shape index (κ1) is 15.3. The Bertz CT molecular complexity index is 427. The van der Waals surface area contributed by atoms with Gasteiger partial charge in [-0.1, -0.05) is 0 Å². The molecule has 0 bridgehead atoms. The Morgan fingerprint density at radius 1 is 1.58 bits per heavy atom. The van der Waals surface area contributed by atoms with E-state index in [9.17, 15) is 15.0 Å². The fourth-order valence-corrected chi connectivity index (χ4v) is 1.36. The van der Waals surface area contributed by atoms with E-state index in [-0.39, 0.29) is 17.9 Å². The molecule has 0 aliphatic rings. The molecule has 1 amide bonds. The van der Waals surface area contributed by atoms with Gasteiger partial charge in [-0.05, 0) is 20.8 Å². The predicted molar refractivity (Wildman–Crippen MR) is 68.2 cm³/mol. The summed E-state index contributed by atoms with van der Waals surface area (Å²) in [6, 6.07) is 0. The first-order valence-electron chi connectivity index (χ1n) is 5.82. The second-order valence-electron chi connectivity index (χ2n) is 5.13. The smallest absolute Gasteiger partial charge is 0.407 e. The number of aromatic nitrogens is 2. The largest absolute Gasteiger partial charge is 0.444 e. The maximum Gasteiger partial charge on any atom is 0.407 e. The molecule has 1 aromatic heterocycles. The molecule has 108 valence electrons. The maximum absolute atomic E-state index is 11.4. The van der Waals surface area contributed by atoms with Crippen molar-refractivity contribution in [2.24, 2.45) is 0 Å². The zero-order chi connectivity index (χ0) is 14.6. The van der Waals surface area contributed by atoms with Crippen molar-refractivity contribution in [3.05, 3.63) is 11.8 Å². The van der Waals surface area contributed by atoms with Crippen LogP contribution < -0.4 is 11.1 Å². The molecular weight excluding hydrogens is 252 g/mol. The molecule has 19 heavy (non-hydrogen) atoms. The van der Waals surface area contributed by atoms with Crippen LogP contribution in [0.1, 0.15) is 32.4 Å². The first-order valence-corrected chi connectivity index (χ1v) is 5.82. The number of nitrogens with one attached hydrogen (secondary N) is 2. The lowest BCUT2D eigenvalue weighted by Gasteiger charge is -2.22. The molecule has 1 heterocycles. The van der Waals surface area contributed by atoms with Crippen molar-refractivity contribution in [2.75, 3.05) is 12.3 Å². The maximum atomic E-state index is 11.4. The zero-order valence-electron chi connectivity index (χ0n) is 11.2. The minimum absolute atomic E-state index is 0.166. The summed E-state index contributed by atoms with van der Waals surface area (Å²) < 4.78 is 5.00. The Morgan fingerprint density at radius 3 is 2.68 bits per heavy atom. The van der Waals surface area contributed by atoms with Crippen molar-refractivity contribution < 1.29 is 19.7 Å². The van der Waals surface area contributed by atoms with Gasteiger partial charge in [0, 0.05) is 12.1 Å². The van der Waals surface area contributed by atoms with Crippen LogP contribution in [0, 0.1) is 0 Å². The number of aliphatic hydroxyl groups is 2. The molecule has 1 aromatic rings. The van der Waals surface area contributed by atoms with E-state index in [1.807, 2.05) is 0 Å². The van der Waals surface area contributed by atoms with E-state index in [4.69, 9.17) is 10.5 Å². The lowest BCUT2D eigenvalue weighted by atomic mass is 10.1. The van der Waals surface area contributed by atoms with E-state index in [2.05, 4.69) is 15.5 Å². The van der Waals surface area contributed by atoms with Gasteiger partial charge in [0.05, 0.1) is 6.20 Å². The van der Waals surface area contributed by atoms with Crippen molar-refractivity contribution in [2.45, 2.75) is 38.6 Å². The second-order valence-corrected chi connectivity index (χ2v) is 5.13. The summed E-state index contributed by atoms with van der Waals surface area (Å²) in [5.41, 5.74) is 5.17. The van der Waals surface area contributed by atoms with Crippen LogP contribution in [0.3, 0.4) is 0 Å². The zero-order valence-corrected chi connectivity index (χ0v) is 11.2. The number of rotatable bonds is 4. The Labute approximate surface area is 111 Å². The topological polar surface area (TPSA) is 133 Å². The number of aromatic amines is 1. The SMILES string of the molecule is CC(C)(C)OC(=O)NCC(O)C(O)c1cn[nH]c1N. The number of ether oxygens (including phenoxy) is 1. The van der Waals surface area contributed by atoms with Crippen LogP contribution in [0.2, 0.25) is 0 Å². The van der Waals surface area contributed by atoms with Crippen molar-refractivity contribution in [1.29, 1.82) is 0 Å². The number of carbonyl (C=O) groups is 1. The number of aliphatic hydroxyl groups excluding tert-OH is 2. The minimum atomic E-state index is -1.24. The van der Waals surface area contributed by atoms with E-state index in [1.165, 1.54) is 6.20 Å². The molecule has 2 atom stereocenters. The summed E-state index contributed by atoms with van der Waals surface area (Å²) in [5.74, 6) is 0.170. The van der Waals surface area contributed by atoms with Crippen LogP contribution in [-0.2, 0) is 4.74 Å². The van der Waals surface area contributed by atoms with Crippen LogP contribution in [-0.4, -0.2) is 44.8 Å². The number of nitrogens with zero attached hydrogens (tertiary/aromatic N) is 1. The van der Waals surface area contributed by atoms with Gasteiger partial charge in [-0.2, -0.15) is 5.10 Å². The van der Waals surface area contributed by atoms with Crippen LogP contribution in [0.5, 0.6) is 0 Å². The number of anilines is 1. The van der Waals surface area contributed by atoms with Crippen LogP contribution in [0.4, 0.5) is 10.6 Å². The highest BCUT2D eigenvalue weighted by Gasteiger charge is 2.23. The molecule has 2 unspecified atom stereocenters. The Hall–Kier alpha value is -1.80. The van der Waals surface area contributed by atoms with Gasteiger partial charge in [0.1, 0.15) is 23.6 Å². The molecule has 0 spiro atoms.